The molecular weight excluding hydrogens is 218 g/mol. The Bertz CT molecular complexity index is 520. The van der Waals surface area contributed by atoms with E-state index in [0.29, 0.717) is 17.8 Å². The van der Waals surface area contributed by atoms with Crippen molar-refractivity contribution in [2.45, 2.75) is 13.5 Å². The Morgan fingerprint density at radius 3 is 2.94 bits per heavy atom. The van der Waals surface area contributed by atoms with Crippen molar-refractivity contribution in [2.24, 2.45) is 0 Å². The average Bonchev–Trinajstić information content (AvgIpc) is 2.83. The van der Waals surface area contributed by atoms with E-state index >= 15 is 0 Å². The lowest BCUT2D eigenvalue weighted by atomic mass is 10.1. The molecule has 5 nitrogen and oxygen atoms in total. The normalized spacial score (nSPS) is 10.2. The van der Waals surface area contributed by atoms with Gasteiger partial charge in [-0.25, -0.2) is 4.79 Å². The molecule has 0 unspecified atom stereocenters. The highest BCUT2D eigenvalue weighted by molar-refractivity contribution is 5.95. The highest BCUT2D eigenvalue weighted by atomic mass is 16.5. The van der Waals surface area contributed by atoms with E-state index in [1.165, 1.54) is 7.11 Å². The predicted molar refractivity (Wildman–Crippen MR) is 62.5 cm³/mol. The van der Waals surface area contributed by atoms with Gasteiger partial charge in [-0.05, 0) is 19.1 Å². The maximum atomic E-state index is 11.6. The summed E-state index contributed by atoms with van der Waals surface area (Å²) in [5.41, 5.74) is 1.87. The van der Waals surface area contributed by atoms with E-state index in [4.69, 9.17) is 4.74 Å². The molecule has 0 N–H and O–H groups in total. The second kappa shape index (κ2) is 4.78. The molecule has 0 aliphatic carbocycles. The van der Waals surface area contributed by atoms with Crippen LogP contribution in [0.2, 0.25) is 0 Å². The molecule has 17 heavy (non-hydrogen) atoms. The van der Waals surface area contributed by atoms with Crippen LogP contribution in [0.3, 0.4) is 0 Å². The zero-order valence-corrected chi connectivity index (χ0v) is 9.75. The maximum Gasteiger partial charge on any atom is 0.341 e. The Hall–Kier alpha value is -2.17. The van der Waals surface area contributed by atoms with Crippen LogP contribution in [-0.2, 0) is 11.3 Å². The number of nitrogens with zero attached hydrogens (tertiary/aromatic N) is 3. The summed E-state index contributed by atoms with van der Waals surface area (Å²) in [4.78, 5) is 15.7. The van der Waals surface area contributed by atoms with Gasteiger partial charge >= 0.3 is 5.97 Å². The first-order chi connectivity index (χ1) is 8.26. The Labute approximate surface area is 99.1 Å². The zero-order valence-electron chi connectivity index (χ0n) is 9.75. The van der Waals surface area contributed by atoms with Gasteiger partial charge in [-0.15, -0.1) is 0 Å². The van der Waals surface area contributed by atoms with Crippen molar-refractivity contribution in [1.29, 1.82) is 0 Å². The number of carbonyl (C=O) groups excluding carboxylic acids is 1. The number of pyridine rings is 1. The molecule has 5 heteroatoms. The van der Waals surface area contributed by atoms with Gasteiger partial charge in [0.1, 0.15) is 11.3 Å². The third-order valence-electron chi connectivity index (χ3n) is 2.43. The molecule has 2 heterocycles. The summed E-state index contributed by atoms with van der Waals surface area (Å²) in [6.45, 7) is 2.66. The van der Waals surface area contributed by atoms with Crippen LogP contribution >= 0.6 is 0 Å². The quantitative estimate of drug-likeness (QED) is 0.755. The fraction of sp³-hybridized carbons (Fsp3) is 0.250. The Balaban J connectivity index is 2.52. The minimum Gasteiger partial charge on any atom is -0.465 e. The van der Waals surface area contributed by atoms with E-state index in [1.807, 2.05) is 13.0 Å². The molecule has 0 saturated carbocycles. The number of ether oxygens (including phenoxy) is 1. The molecule has 0 saturated heterocycles. The summed E-state index contributed by atoms with van der Waals surface area (Å²) in [5.74, 6) is -0.386. The van der Waals surface area contributed by atoms with Crippen LogP contribution in [0.1, 0.15) is 17.3 Å². The van der Waals surface area contributed by atoms with E-state index in [0.717, 1.165) is 5.56 Å². The van der Waals surface area contributed by atoms with Gasteiger partial charge in [-0.2, -0.15) is 5.10 Å². The van der Waals surface area contributed by atoms with Gasteiger partial charge in [0, 0.05) is 30.7 Å². The van der Waals surface area contributed by atoms with E-state index in [9.17, 15) is 4.79 Å². The Morgan fingerprint density at radius 2 is 2.35 bits per heavy atom. The van der Waals surface area contributed by atoms with E-state index < -0.39 is 0 Å². The maximum absolute atomic E-state index is 11.6. The molecule has 88 valence electrons. The fourth-order valence-electron chi connectivity index (χ4n) is 1.56. The second-order valence-electron chi connectivity index (χ2n) is 3.48. The lowest BCUT2D eigenvalue weighted by Gasteiger charge is -1.99. The van der Waals surface area contributed by atoms with Gasteiger partial charge < -0.3 is 4.74 Å². The van der Waals surface area contributed by atoms with E-state index in [2.05, 4.69) is 10.1 Å². The highest BCUT2D eigenvalue weighted by Crippen LogP contribution is 2.21. The molecule has 0 fully saturated rings. The second-order valence-corrected chi connectivity index (χ2v) is 3.48. The number of aromatic nitrogens is 3. The molecule has 0 aromatic carbocycles. The van der Waals surface area contributed by atoms with Crippen molar-refractivity contribution in [3.05, 3.63) is 36.3 Å². The van der Waals surface area contributed by atoms with Crippen LogP contribution in [0.5, 0.6) is 0 Å². The summed E-state index contributed by atoms with van der Waals surface area (Å²) in [6, 6.07) is 3.67. The molecule has 2 aromatic rings. The van der Waals surface area contributed by atoms with Crippen LogP contribution in [0.4, 0.5) is 0 Å². The number of carbonyl (C=O) groups is 1. The van der Waals surface area contributed by atoms with Gasteiger partial charge in [0.2, 0.25) is 0 Å². The first kappa shape index (κ1) is 11.3. The zero-order chi connectivity index (χ0) is 12.3. The third-order valence-corrected chi connectivity index (χ3v) is 2.43. The minimum absolute atomic E-state index is 0.386. The predicted octanol–water partition coefficient (Wildman–Crippen LogP) is 1.75. The van der Waals surface area contributed by atoms with Crippen LogP contribution < -0.4 is 0 Å². The summed E-state index contributed by atoms with van der Waals surface area (Å²) >= 11 is 0. The summed E-state index contributed by atoms with van der Waals surface area (Å²) < 4.78 is 6.45. The summed E-state index contributed by atoms with van der Waals surface area (Å²) in [6.07, 6.45) is 5.04. The smallest absolute Gasteiger partial charge is 0.341 e. The van der Waals surface area contributed by atoms with E-state index in [-0.39, 0.29) is 5.97 Å². The molecule has 2 rings (SSSR count). The molecular formula is C12H13N3O2. The molecule has 0 bridgehead atoms. The number of hydrogen-bond acceptors (Lipinski definition) is 4. The highest BCUT2D eigenvalue weighted by Gasteiger charge is 2.17. The van der Waals surface area contributed by atoms with Crippen molar-refractivity contribution in [2.75, 3.05) is 7.11 Å². The van der Waals surface area contributed by atoms with Crippen LogP contribution in [0, 0.1) is 0 Å². The van der Waals surface area contributed by atoms with Crippen molar-refractivity contribution >= 4 is 5.97 Å². The first-order valence-corrected chi connectivity index (χ1v) is 5.32. The lowest BCUT2D eigenvalue weighted by Crippen LogP contribution is -2.01. The van der Waals surface area contributed by atoms with Crippen molar-refractivity contribution in [1.82, 2.24) is 14.8 Å². The molecule has 0 aliphatic rings. The Morgan fingerprint density at radius 1 is 1.53 bits per heavy atom. The van der Waals surface area contributed by atoms with Crippen molar-refractivity contribution in [3.8, 4) is 11.3 Å². The van der Waals surface area contributed by atoms with Gasteiger partial charge in [-0.3, -0.25) is 9.67 Å². The lowest BCUT2D eigenvalue weighted by molar-refractivity contribution is 0.0601. The third kappa shape index (κ3) is 2.18. The monoisotopic (exact) mass is 231 g/mol. The van der Waals surface area contributed by atoms with E-state index in [1.54, 1.807) is 29.3 Å². The molecule has 2 aromatic heterocycles. The van der Waals surface area contributed by atoms with Gasteiger partial charge in [0.15, 0.2) is 0 Å². The number of esters is 1. The average molecular weight is 231 g/mol. The minimum atomic E-state index is -0.386. The van der Waals surface area contributed by atoms with Gasteiger partial charge in [0.25, 0.3) is 0 Å². The molecule has 0 atom stereocenters. The first-order valence-electron chi connectivity index (χ1n) is 5.32. The standard InChI is InChI=1S/C12H13N3O2/c1-3-15-8-10(12(16)17-2)11(14-15)9-5-4-6-13-7-9/h4-8H,3H2,1-2H3. The molecule has 0 radical (unpaired) electrons. The van der Waals surface area contributed by atoms with Gasteiger partial charge in [0.05, 0.1) is 7.11 Å². The number of hydrogen-bond donors (Lipinski definition) is 0. The molecule has 0 aliphatic heterocycles. The number of aryl methyl sites for hydroxylation is 1. The van der Waals surface area contributed by atoms with Gasteiger partial charge in [-0.1, -0.05) is 0 Å². The fourth-order valence-corrected chi connectivity index (χ4v) is 1.56. The molecule has 0 spiro atoms. The summed E-state index contributed by atoms with van der Waals surface area (Å²) in [7, 11) is 1.36. The van der Waals surface area contributed by atoms with Crippen LogP contribution in [0.25, 0.3) is 11.3 Å². The SMILES string of the molecule is CCn1cc(C(=O)OC)c(-c2cccnc2)n1. The number of methoxy groups -OCH3 is 1. The Kier molecular flexibility index (Phi) is 3.18. The topological polar surface area (TPSA) is 57.0 Å². The summed E-state index contributed by atoms with van der Waals surface area (Å²) in [5, 5.41) is 4.34. The largest absolute Gasteiger partial charge is 0.465 e. The van der Waals surface area contributed by atoms with Crippen LogP contribution in [0.15, 0.2) is 30.7 Å². The molecule has 0 amide bonds. The van der Waals surface area contributed by atoms with Crippen molar-refractivity contribution < 1.29 is 9.53 Å². The van der Waals surface area contributed by atoms with Crippen LogP contribution in [-0.4, -0.2) is 27.8 Å². The number of rotatable bonds is 3. The van der Waals surface area contributed by atoms with Crippen molar-refractivity contribution in [3.63, 3.8) is 0 Å².